The highest BCUT2D eigenvalue weighted by molar-refractivity contribution is 7.89. The number of unbranched alkanes of at least 4 members (excludes halogenated alkanes) is 1. The Hall–Kier alpha value is -0.390. The van der Waals surface area contributed by atoms with Gasteiger partial charge in [0, 0.05) is 20.1 Å². The Kier molecular flexibility index (Phi) is 5.94. The average Bonchev–Trinajstić information content (AvgIpc) is 2.04. The van der Waals surface area contributed by atoms with Crippen LogP contribution in [0.2, 0.25) is 0 Å². The molecule has 0 radical (unpaired) electrons. The van der Waals surface area contributed by atoms with Crippen LogP contribution in [0, 0.1) is 0 Å². The molecule has 0 amide bonds. The van der Waals surface area contributed by atoms with Gasteiger partial charge in [-0.1, -0.05) is 6.08 Å². The van der Waals surface area contributed by atoms with Crippen molar-refractivity contribution in [2.45, 2.75) is 12.8 Å². The van der Waals surface area contributed by atoms with E-state index in [1.54, 1.807) is 13.1 Å². The lowest BCUT2D eigenvalue weighted by molar-refractivity contribution is 0.463. The van der Waals surface area contributed by atoms with Crippen molar-refractivity contribution in [3.05, 3.63) is 12.7 Å². The summed E-state index contributed by atoms with van der Waals surface area (Å²) in [6.45, 7) is 4.28. The minimum absolute atomic E-state index is 0.0254. The maximum Gasteiger partial charge on any atom is 0.215 e. The molecule has 78 valence electrons. The number of nitrogens with zero attached hydrogens (tertiary/aromatic N) is 1. The lowest BCUT2D eigenvalue weighted by Crippen LogP contribution is -2.32. The van der Waals surface area contributed by atoms with E-state index in [0.717, 1.165) is 12.8 Å². The van der Waals surface area contributed by atoms with Crippen molar-refractivity contribution in [3.63, 3.8) is 0 Å². The lowest BCUT2D eigenvalue weighted by Gasteiger charge is -2.15. The summed E-state index contributed by atoms with van der Waals surface area (Å²) in [5.74, 6) is 0.0254. The van der Waals surface area contributed by atoms with E-state index in [9.17, 15) is 8.42 Å². The van der Waals surface area contributed by atoms with Crippen LogP contribution in [-0.2, 0) is 10.0 Å². The van der Waals surface area contributed by atoms with Gasteiger partial charge in [-0.15, -0.1) is 6.58 Å². The second-order valence-electron chi connectivity index (χ2n) is 2.86. The van der Waals surface area contributed by atoms with Crippen molar-refractivity contribution in [2.24, 2.45) is 5.73 Å². The van der Waals surface area contributed by atoms with Crippen LogP contribution < -0.4 is 5.73 Å². The molecule has 0 rings (SSSR count). The number of hydrogen-bond donors (Lipinski definition) is 1. The van der Waals surface area contributed by atoms with Gasteiger partial charge in [0.2, 0.25) is 10.0 Å². The van der Waals surface area contributed by atoms with E-state index in [4.69, 9.17) is 5.73 Å². The second-order valence-corrected chi connectivity index (χ2v) is 5.05. The van der Waals surface area contributed by atoms with E-state index in [2.05, 4.69) is 6.58 Å². The molecular weight excluding hydrogens is 188 g/mol. The molecule has 0 saturated heterocycles. The summed E-state index contributed by atoms with van der Waals surface area (Å²) in [4.78, 5) is 0. The predicted molar refractivity (Wildman–Crippen MR) is 54.9 cm³/mol. The van der Waals surface area contributed by atoms with Gasteiger partial charge in [-0.3, -0.25) is 0 Å². The molecule has 0 atom stereocenters. The van der Waals surface area contributed by atoms with Crippen molar-refractivity contribution < 1.29 is 8.42 Å². The molecule has 0 aromatic heterocycles. The Morgan fingerprint density at radius 1 is 1.54 bits per heavy atom. The van der Waals surface area contributed by atoms with Crippen LogP contribution in [0.4, 0.5) is 0 Å². The van der Waals surface area contributed by atoms with Crippen LogP contribution in [0.1, 0.15) is 12.8 Å². The third-order valence-corrected chi connectivity index (χ3v) is 3.62. The summed E-state index contributed by atoms with van der Waals surface area (Å²) in [6.07, 6.45) is 3.43. The van der Waals surface area contributed by atoms with Crippen molar-refractivity contribution in [1.82, 2.24) is 4.31 Å². The number of rotatable bonds is 7. The second kappa shape index (κ2) is 6.12. The van der Waals surface area contributed by atoms with Gasteiger partial charge in [0.05, 0.1) is 5.75 Å². The van der Waals surface area contributed by atoms with Crippen LogP contribution in [0.3, 0.4) is 0 Å². The molecule has 0 aliphatic heterocycles. The first-order chi connectivity index (χ1) is 6.04. The Morgan fingerprint density at radius 3 is 2.62 bits per heavy atom. The molecule has 0 bridgehead atoms. The molecule has 5 heteroatoms. The quantitative estimate of drug-likeness (QED) is 0.477. The highest BCUT2D eigenvalue weighted by Gasteiger charge is 2.15. The molecule has 2 N–H and O–H groups in total. The molecule has 0 aromatic rings. The van der Waals surface area contributed by atoms with Crippen LogP contribution in [0.5, 0.6) is 0 Å². The monoisotopic (exact) mass is 206 g/mol. The number of sulfonamides is 1. The highest BCUT2D eigenvalue weighted by Crippen LogP contribution is 2.00. The van der Waals surface area contributed by atoms with E-state index in [0.29, 0.717) is 6.54 Å². The van der Waals surface area contributed by atoms with Gasteiger partial charge >= 0.3 is 0 Å². The molecule has 0 aliphatic carbocycles. The third-order valence-electron chi connectivity index (χ3n) is 1.73. The van der Waals surface area contributed by atoms with E-state index in [1.165, 1.54) is 4.31 Å². The summed E-state index contributed by atoms with van der Waals surface area (Å²) < 4.78 is 24.0. The summed E-state index contributed by atoms with van der Waals surface area (Å²) in [5.41, 5.74) is 5.19. The van der Waals surface area contributed by atoms with Crippen LogP contribution in [-0.4, -0.2) is 38.6 Å². The van der Waals surface area contributed by atoms with E-state index >= 15 is 0 Å². The fourth-order valence-corrected chi connectivity index (χ4v) is 1.92. The fourth-order valence-electron chi connectivity index (χ4n) is 0.902. The number of allylic oxidation sites excluding steroid dienone is 1. The Balaban J connectivity index is 3.94. The van der Waals surface area contributed by atoms with E-state index in [-0.39, 0.29) is 12.3 Å². The van der Waals surface area contributed by atoms with E-state index in [1.807, 2.05) is 0 Å². The topological polar surface area (TPSA) is 63.4 Å². The summed E-state index contributed by atoms with van der Waals surface area (Å²) in [5, 5.41) is 0. The molecule has 0 unspecified atom stereocenters. The summed E-state index contributed by atoms with van der Waals surface area (Å²) >= 11 is 0. The van der Waals surface area contributed by atoms with Gasteiger partial charge in [0.1, 0.15) is 0 Å². The lowest BCUT2D eigenvalue weighted by atomic mass is 10.3. The highest BCUT2D eigenvalue weighted by atomic mass is 32.2. The van der Waals surface area contributed by atoms with Crippen LogP contribution in [0.15, 0.2) is 12.7 Å². The Labute approximate surface area is 80.5 Å². The maximum absolute atomic E-state index is 11.3. The maximum atomic E-state index is 11.3. The first-order valence-electron chi connectivity index (χ1n) is 4.29. The fraction of sp³-hybridized carbons (Fsp3) is 0.750. The van der Waals surface area contributed by atoms with Gasteiger partial charge in [-0.25, -0.2) is 12.7 Å². The standard InChI is InChI=1S/C8H18N2O2S/c1-3-4-5-7-10(2)13(11,12)8-6-9/h3H,1,4-9H2,2H3. The van der Waals surface area contributed by atoms with Gasteiger partial charge in [-0.2, -0.15) is 0 Å². The Bertz CT molecular complexity index is 237. The largest absolute Gasteiger partial charge is 0.329 e. The first-order valence-corrected chi connectivity index (χ1v) is 5.90. The zero-order valence-electron chi connectivity index (χ0n) is 8.07. The van der Waals surface area contributed by atoms with E-state index < -0.39 is 10.0 Å². The third kappa shape index (κ3) is 5.02. The number of hydrogen-bond acceptors (Lipinski definition) is 3. The SMILES string of the molecule is C=CCCCN(C)S(=O)(=O)CCN. The molecule has 0 aromatic carbocycles. The van der Waals surface area contributed by atoms with Crippen molar-refractivity contribution in [1.29, 1.82) is 0 Å². The molecule has 13 heavy (non-hydrogen) atoms. The van der Waals surface area contributed by atoms with Crippen molar-refractivity contribution in [2.75, 3.05) is 25.9 Å². The summed E-state index contributed by atoms with van der Waals surface area (Å²) in [7, 11) is -1.54. The smallest absolute Gasteiger partial charge is 0.215 e. The van der Waals surface area contributed by atoms with Gasteiger partial charge < -0.3 is 5.73 Å². The van der Waals surface area contributed by atoms with Crippen molar-refractivity contribution >= 4 is 10.0 Å². The zero-order chi connectivity index (χ0) is 10.3. The molecular formula is C8H18N2O2S. The van der Waals surface area contributed by atoms with Crippen LogP contribution >= 0.6 is 0 Å². The predicted octanol–water partition coefficient (Wildman–Crippen LogP) is 0.173. The molecule has 0 aliphatic rings. The van der Waals surface area contributed by atoms with Gasteiger partial charge in [-0.05, 0) is 12.8 Å². The van der Waals surface area contributed by atoms with Crippen LogP contribution in [0.25, 0.3) is 0 Å². The molecule has 0 saturated carbocycles. The first kappa shape index (κ1) is 12.6. The minimum atomic E-state index is -3.12. The van der Waals surface area contributed by atoms with Gasteiger partial charge in [0.15, 0.2) is 0 Å². The van der Waals surface area contributed by atoms with Crippen molar-refractivity contribution in [3.8, 4) is 0 Å². The summed E-state index contributed by atoms with van der Waals surface area (Å²) in [6, 6.07) is 0. The minimum Gasteiger partial charge on any atom is -0.329 e. The molecule has 0 spiro atoms. The molecule has 0 heterocycles. The molecule has 4 nitrogen and oxygen atoms in total. The number of nitrogens with two attached hydrogens (primary N) is 1. The average molecular weight is 206 g/mol. The molecule has 0 fully saturated rings. The van der Waals surface area contributed by atoms with Gasteiger partial charge in [0.25, 0.3) is 0 Å². The Morgan fingerprint density at radius 2 is 2.15 bits per heavy atom. The normalized spacial score (nSPS) is 11.9. The zero-order valence-corrected chi connectivity index (χ0v) is 8.89.